The van der Waals surface area contributed by atoms with E-state index in [4.69, 9.17) is 16.3 Å². The van der Waals surface area contributed by atoms with Crippen LogP contribution >= 0.6 is 11.6 Å². The molecule has 0 aliphatic carbocycles. The lowest BCUT2D eigenvalue weighted by Crippen LogP contribution is -1.97. The van der Waals surface area contributed by atoms with Gasteiger partial charge in [0, 0.05) is 16.3 Å². The molecule has 0 aliphatic rings. The topological polar surface area (TPSA) is 79.6 Å². The van der Waals surface area contributed by atoms with Gasteiger partial charge in [-0.15, -0.1) is 10.2 Å². The molecule has 0 bridgehead atoms. The molecule has 3 aromatic rings. The Morgan fingerprint density at radius 1 is 1.13 bits per heavy atom. The summed E-state index contributed by atoms with van der Waals surface area (Å²) in [6.07, 6.45) is 1.48. The van der Waals surface area contributed by atoms with Crippen molar-refractivity contribution < 1.29 is 9.84 Å². The van der Waals surface area contributed by atoms with Crippen LogP contribution in [0.3, 0.4) is 0 Å². The molecule has 0 saturated heterocycles. The van der Waals surface area contributed by atoms with Gasteiger partial charge in [-0.2, -0.15) is 5.10 Å². The maximum absolute atomic E-state index is 10.0. The molecule has 116 valence electrons. The highest BCUT2D eigenvalue weighted by molar-refractivity contribution is 6.34. The van der Waals surface area contributed by atoms with Crippen LogP contribution in [0.1, 0.15) is 5.56 Å². The molecule has 0 saturated carbocycles. The number of phenols is 1. The number of rotatable bonds is 4. The van der Waals surface area contributed by atoms with Gasteiger partial charge in [0.05, 0.1) is 13.3 Å². The highest BCUT2D eigenvalue weighted by Crippen LogP contribution is 2.28. The molecule has 2 N–H and O–H groups in total. The van der Waals surface area contributed by atoms with E-state index < -0.39 is 0 Å². The smallest absolute Gasteiger partial charge is 0.176 e. The summed E-state index contributed by atoms with van der Waals surface area (Å²) in [6, 6.07) is 12.6. The minimum atomic E-state index is 0.0209. The lowest BCUT2D eigenvalue weighted by Gasteiger charge is -2.06. The first-order valence-corrected chi connectivity index (χ1v) is 7.14. The van der Waals surface area contributed by atoms with E-state index in [9.17, 15) is 5.11 Å². The van der Waals surface area contributed by atoms with Gasteiger partial charge in [-0.1, -0.05) is 41.9 Å². The maximum atomic E-state index is 10.0. The van der Waals surface area contributed by atoms with Crippen molar-refractivity contribution in [2.24, 2.45) is 5.10 Å². The van der Waals surface area contributed by atoms with Crippen LogP contribution < -0.4 is 10.2 Å². The van der Waals surface area contributed by atoms with Crippen LogP contribution in [0.15, 0.2) is 47.6 Å². The van der Waals surface area contributed by atoms with Crippen molar-refractivity contribution in [3.63, 3.8) is 0 Å². The number of nitrogens with one attached hydrogen (secondary N) is 1. The Kier molecular flexibility index (Phi) is 4.25. The molecule has 0 unspecified atom stereocenters. The number of aromatic nitrogens is 2. The average molecular weight is 329 g/mol. The molecule has 0 atom stereocenters. The number of fused-ring (bicyclic) bond motifs is 1. The number of ether oxygens (including phenoxy) is 1. The number of hydrazone groups is 1. The summed E-state index contributed by atoms with van der Waals surface area (Å²) in [7, 11) is 1.49. The van der Waals surface area contributed by atoms with Crippen molar-refractivity contribution in [1.29, 1.82) is 0 Å². The lowest BCUT2D eigenvalue weighted by atomic mass is 10.2. The van der Waals surface area contributed by atoms with E-state index in [0.29, 0.717) is 22.3 Å². The Balaban J connectivity index is 1.88. The molecule has 0 spiro atoms. The molecule has 1 heterocycles. The van der Waals surface area contributed by atoms with Gasteiger partial charge in [0.2, 0.25) is 0 Å². The van der Waals surface area contributed by atoms with Crippen LogP contribution in [0.5, 0.6) is 11.5 Å². The second-order valence-corrected chi connectivity index (χ2v) is 5.01. The van der Waals surface area contributed by atoms with Crippen molar-refractivity contribution in [2.45, 2.75) is 0 Å². The Labute approximate surface area is 137 Å². The Bertz CT molecular complexity index is 883. The standard InChI is InChI=1S/C16H13ClN4O2/c1-23-13-8-4-5-10(14(13)22)9-18-20-16-12-7-3-2-6-11(12)15(17)19-21-16/h2-9,22H,1H3,(H,20,21). The van der Waals surface area contributed by atoms with E-state index in [2.05, 4.69) is 20.7 Å². The van der Waals surface area contributed by atoms with Gasteiger partial charge < -0.3 is 9.84 Å². The number of hydrogen-bond donors (Lipinski definition) is 2. The van der Waals surface area contributed by atoms with Crippen molar-refractivity contribution in [3.8, 4) is 11.5 Å². The fourth-order valence-electron chi connectivity index (χ4n) is 2.12. The van der Waals surface area contributed by atoms with Gasteiger partial charge in [0.15, 0.2) is 22.5 Å². The fourth-order valence-corrected chi connectivity index (χ4v) is 2.33. The quantitative estimate of drug-likeness (QED) is 0.566. The van der Waals surface area contributed by atoms with Gasteiger partial charge in [0.1, 0.15) is 0 Å². The predicted octanol–water partition coefficient (Wildman–Crippen LogP) is 3.44. The van der Waals surface area contributed by atoms with E-state index in [1.807, 2.05) is 24.3 Å². The molecule has 7 heteroatoms. The molecule has 23 heavy (non-hydrogen) atoms. The van der Waals surface area contributed by atoms with Crippen molar-refractivity contribution in [2.75, 3.05) is 12.5 Å². The summed E-state index contributed by atoms with van der Waals surface area (Å²) in [5.74, 6) is 0.877. The van der Waals surface area contributed by atoms with Crippen molar-refractivity contribution in [3.05, 3.63) is 53.2 Å². The van der Waals surface area contributed by atoms with E-state index in [0.717, 1.165) is 10.8 Å². The van der Waals surface area contributed by atoms with Crippen molar-refractivity contribution >= 4 is 34.4 Å². The number of para-hydroxylation sites is 1. The molecule has 6 nitrogen and oxygen atoms in total. The van der Waals surface area contributed by atoms with Crippen LogP contribution in [0.2, 0.25) is 5.15 Å². The number of nitrogens with zero attached hydrogens (tertiary/aromatic N) is 3. The van der Waals surface area contributed by atoms with E-state index >= 15 is 0 Å². The van der Waals surface area contributed by atoms with E-state index in [1.54, 1.807) is 18.2 Å². The second-order valence-electron chi connectivity index (χ2n) is 4.65. The van der Waals surface area contributed by atoms with Crippen LogP contribution in [-0.2, 0) is 0 Å². The molecule has 0 amide bonds. The van der Waals surface area contributed by atoms with Gasteiger partial charge in [-0.25, -0.2) is 0 Å². The van der Waals surface area contributed by atoms with E-state index in [-0.39, 0.29) is 5.75 Å². The van der Waals surface area contributed by atoms with E-state index in [1.165, 1.54) is 13.3 Å². The molecular weight excluding hydrogens is 316 g/mol. The summed E-state index contributed by atoms with van der Waals surface area (Å²) in [5, 5.41) is 23.9. The molecule has 0 aliphatic heterocycles. The van der Waals surface area contributed by atoms with Gasteiger partial charge >= 0.3 is 0 Å². The van der Waals surface area contributed by atoms with Crippen molar-refractivity contribution in [1.82, 2.24) is 10.2 Å². The summed E-state index contributed by atoms with van der Waals surface area (Å²) < 4.78 is 5.05. The van der Waals surface area contributed by atoms with Gasteiger partial charge in [0.25, 0.3) is 0 Å². The number of hydrogen-bond acceptors (Lipinski definition) is 6. The Hall–Kier alpha value is -2.86. The Morgan fingerprint density at radius 2 is 1.91 bits per heavy atom. The predicted molar refractivity (Wildman–Crippen MR) is 90.4 cm³/mol. The molecule has 2 aromatic carbocycles. The first-order chi connectivity index (χ1) is 11.2. The van der Waals surface area contributed by atoms with Crippen LogP contribution in [0.25, 0.3) is 10.8 Å². The van der Waals surface area contributed by atoms with Crippen LogP contribution in [-0.4, -0.2) is 28.6 Å². The molecule has 3 rings (SSSR count). The first kappa shape index (κ1) is 15.1. The number of methoxy groups -OCH3 is 1. The average Bonchev–Trinajstić information content (AvgIpc) is 2.58. The summed E-state index contributed by atoms with van der Waals surface area (Å²) in [6.45, 7) is 0. The number of anilines is 1. The van der Waals surface area contributed by atoms with Crippen LogP contribution in [0, 0.1) is 0 Å². The number of aromatic hydroxyl groups is 1. The Morgan fingerprint density at radius 3 is 2.70 bits per heavy atom. The monoisotopic (exact) mass is 328 g/mol. The summed E-state index contributed by atoms with van der Waals surface area (Å²) >= 11 is 6.03. The third kappa shape index (κ3) is 3.02. The third-order valence-electron chi connectivity index (χ3n) is 3.27. The summed E-state index contributed by atoms with van der Waals surface area (Å²) in [5.41, 5.74) is 3.33. The summed E-state index contributed by atoms with van der Waals surface area (Å²) in [4.78, 5) is 0. The maximum Gasteiger partial charge on any atom is 0.176 e. The minimum Gasteiger partial charge on any atom is -0.504 e. The van der Waals surface area contributed by atoms with Crippen LogP contribution in [0.4, 0.5) is 5.82 Å². The molecule has 0 fully saturated rings. The normalized spacial score (nSPS) is 11.0. The lowest BCUT2D eigenvalue weighted by molar-refractivity contribution is 0.373. The molecule has 1 aromatic heterocycles. The molecule has 0 radical (unpaired) electrons. The molecular formula is C16H13ClN4O2. The van der Waals surface area contributed by atoms with Gasteiger partial charge in [-0.05, 0) is 12.1 Å². The highest BCUT2D eigenvalue weighted by Gasteiger charge is 2.07. The number of phenolic OH excluding ortho intramolecular Hbond substituents is 1. The zero-order valence-corrected chi connectivity index (χ0v) is 12.9. The SMILES string of the molecule is COc1cccc(C=NNc2nnc(Cl)c3ccccc23)c1O. The number of benzene rings is 2. The fraction of sp³-hybridized carbons (Fsp3) is 0.0625. The third-order valence-corrected chi connectivity index (χ3v) is 3.55. The first-order valence-electron chi connectivity index (χ1n) is 6.76. The highest BCUT2D eigenvalue weighted by atomic mass is 35.5. The zero-order chi connectivity index (χ0) is 16.2. The van der Waals surface area contributed by atoms with Gasteiger partial charge in [-0.3, -0.25) is 5.43 Å². The second kappa shape index (κ2) is 6.50. The minimum absolute atomic E-state index is 0.0209. The zero-order valence-electron chi connectivity index (χ0n) is 12.2. The number of halogens is 1. The largest absolute Gasteiger partial charge is 0.504 e.